The Bertz CT molecular complexity index is 324. The highest BCUT2D eigenvalue weighted by Crippen LogP contribution is 2.28. The summed E-state index contributed by atoms with van der Waals surface area (Å²) in [5, 5.41) is 0. The predicted molar refractivity (Wildman–Crippen MR) is 58.6 cm³/mol. The van der Waals surface area contributed by atoms with Gasteiger partial charge in [-0.3, -0.25) is 9.59 Å². The van der Waals surface area contributed by atoms with Crippen LogP contribution < -0.4 is 0 Å². The van der Waals surface area contributed by atoms with Crippen molar-refractivity contribution in [1.29, 1.82) is 0 Å². The average molecular weight is 223 g/mol. The van der Waals surface area contributed by atoms with Gasteiger partial charge in [-0.2, -0.15) is 0 Å². The average Bonchev–Trinajstić information content (AvgIpc) is 2.54. The Morgan fingerprint density at radius 3 is 3.06 bits per heavy atom. The van der Waals surface area contributed by atoms with Crippen molar-refractivity contribution in [2.45, 2.75) is 31.7 Å². The highest BCUT2D eigenvalue weighted by Gasteiger charge is 2.42. The van der Waals surface area contributed by atoms with Crippen molar-refractivity contribution in [3.05, 3.63) is 12.2 Å². The van der Waals surface area contributed by atoms with Gasteiger partial charge in [0, 0.05) is 6.54 Å². The van der Waals surface area contributed by atoms with Crippen LogP contribution in [0.3, 0.4) is 0 Å². The standard InChI is InChI=1S/C12H17NO3/c1-16-12(15)10-8-9-6-4-2-3-5-7-13(9)11(10)14/h4,6,9-10H,2-3,5,7-8H2,1H3/b6-4-/t9-,10?/m0/s1. The van der Waals surface area contributed by atoms with Crippen molar-refractivity contribution < 1.29 is 14.3 Å². The Kier molecular flexibility index (Phi) is 3.27. The van der Waals surface area contributed by atoms with Crippen molar-refractivity contribution >= 4 is 11.9 Å². The van der Waals surface area contributed by atoms with Crippen LogP contribution in [0.2, 0.25) is 0 Å². The van der Waals surface area contributed by atoms with Gasteiger partial charge >= 0.3 is 5.97 Å². The smallest absolute Gasteiger partial charge is 0.318 e. The zero-order chi connectivity index (χ0) is 11.5. The summed E-state index contributed by atoms with van der Waals surface area (Å²) in [5.74, 6) is -1.05. The van der Waals surface area contributed by atoms with E-state index in [2.05, 4.69) is 16.9 Å². The van der Waals surface area contributed by atoms with E-state index in [-0.39, 0.29) is 11.9 Å². The summed E-state index contributed by atoms with van der Waals surface area (Å²) >= 11 is 0. The molecule has 0 aliphatic carbocycles. The van der Waals surface area contributed by atoms with Gasteiger partial charge in [-0.1, -0.05) is 12.2 Å². The quantitative estimate of drug-likeness (QED) is 0.380. The SMILES string of the molecule is COC(=O)C1C[C@@H]2/C=C\CCCCN2C1=O. The number of methoxy groups -OCH3 is 1. The largest absolute Gasteiger partial charge is 0.468 e. The lowest BCUT2D eigenvalue weighted by atomic mass is 10.0. The predicted octanol–water partition coefficient (Wildman–Crippen LogP) is 1.12. The fourth-order valence-corrected chi connectivity index (χ4v) is 2.43. The molecule has 16 heavy (non-hydrogen) atoms. The molecule has 2 heterocycles. The molecule has 4 heteroatoms. The minimum Gasteiger partial charge on any atom is -0.468 e. The first-order valence-electron chi connectivity index (χ1n) is 5.79. The van der Waals surface area contributed by atoms with Crippen molar-refractivity contribution in [1.82, 2.24) is 4.90 Å². The number of carbonyl (C=O) groups excluding carboxylic acids is 2. The number of hydrogen-bond donors (Lipinski definition) is 0. The normalized spacial score (nSPS) is 31.6. The third-order valence-electron chi connectivity index (χ3n) is 3.32. The lowest BCUT2D eigenvalue weighted by Crippen LogP contribution is -2.35. The monoisotopic (exact) mass is 223 g/mol. The van der Waals surface area contributed by atoms with E-state index >= 15 is 0 Å². The Labute approximate surface area is 95.2 Å². The highest BCUT2D eigenvalue weighted by molar-refractivity contribution is 5.99. The van der Waals surface area contributed by atoms with Gasteiger partial charge in [0.05, 0.1) is 13.2 Å². The minimum absolute atomic E-state index is 0.0663. The maximum absolute atomic E-state index is 12.0. The van der Waals surface area contributed by atoms with E-state index in [1.54, 1.807) is 0 Å². The number of rotatable bonds is 1. The van der Waals surface area contributed by atoms with Crippen LogP contribution >= 0.6 is 0 Å². The molecule has 0 bridgehead atoms. The van der Waals surface area contributed by atoms with Crippen molar-refractivity contribution in [2.75, 3.05) is 13.7 Å². The molecule has 0 aromatic heterocycles. The summed E-state index contributed by atoms with van der Waals surface area (Å²) in [6.45, 7) is 0.765. The van der Waals surface area contributed by atoms with E-state index in [4.69, 9.17) is 0 Å². The number of nitrogens with zero attached hydrogens (tertiary/aromatic N) is 1. The number of allylic oxidation sites excluding steroid dienone is 1. The van der Waals surface area contributed by atoms with Gasteiger partial charge in [0.1, 0.15) is 5.92 Å². The summed E-state index contributed by atoms with van der Waals surface area (Å²) in [6, 6.07) is 0.0944. The zero-order valence-electron chi connectivity index (χ0n) is 9.52. The number of ether oxygens (including phenoxy) is 1. The van der Waals surface area contributed by atoms with Gasteiger partial charge < -0.3 is 9.64 Å². The van der Waals surface area contributed by atoms with Crippen molar-refractivity contribution in [3.63, 3.8) is 0 Å². The second-order valence-corrected chi connectivity index (χ2v) is 4.33. The fourth-order valence-electron chi connectivity index (χ4n) is 2.43. The molecule has 1 saturated heterocycles. The number of fused-ring (bicyclic) bond motifs is 1. The second-order valence-electron chi connectivity index (χ2n) is 4.33. The molecule has 4 nitrogen and oxygen atoms in total. The van der Waals surface area contributed by atoms with E-state index in [9.17, 15) is 9.59 Å². The number of hydrogen-bond acceptors (Lipinski definition) is 3. The molecular weight excluding hydrogens is 206 g/mol. The van der Waals surface area contributed by atoms with Crippen molar-refractivity contribution in [3.8, 4) is 0 Å². The molecule has 2 aliphatic heterocycles. The summed E-state index contributed by atoms with van der Waals surface area (Å²) < 4.78 is 4.66. The van der Waals surface area contributed by atoms with Crippen LogP contribution in [0.1, 0.15) is 25.7 Å². The molecule has 1 fully saturated rings. The molecule has 1 amide bonds. The Hall–Kier alpha value is -1.32. The molecule has 88 valence electrons. The van der Waals surface area contributed by atoms with Crippen LogP contribution in [0.15, 0.2) is 12.2 Å². The number of amides is 1. The number of esters is 1. The summed E-state index contributed by atoms with van der Waals surface area (Å²) in [6.07, 6.45) is 7.93. The lowest BCUT2D eigenvalue weighted by molar-refractivity contribution is -0.150. The van der Waals surface area contributed by atoms with Crippen LogP contribution in [0.25, 0.3) is 0 Å². The summed E-state index contributed by atoms with van der Waals surface area (Å²) in [7, 11) is 1.33. The van der Waals surface area contributed by atoms with Crippen LogP contribution in [0.5, 0.6) is 0 Å². The Morgan fingerprint density at radius 1 is 1.50 bits per heavy atom. The lowest BCUT2D eigenvalue weighted by Gasteiger charge is -2.23. The summed E-state index contributed by atoms with van der Waals surface area (Å²) in [5.41, 5.74) is 0. The first-order valence-corrected chi connectivity index (χ1v) is 5.79. The molecule has 0 aromatic rings. The Balaban J connectivity index is 2.14. The van der Waals surface area contributed by atoms with Crippen LogP contribution in [0.4, 0.5) is 0 Å². The van der Waals surface area contributed by atoms with E-state index in [0.717, 1.165) is 25.8 Å². The molecule has 2 aliphatic rings. The van der Waals surface area contributed by atoms with Crippen LogP contribution in [-0.4, -0.2) is 36.5 Å². The fraction of sp³-hybridized carbons (Fsp3) is 0.667. The maximum atomic E-state index is 12.0. The Morgan fingerprint density at radius 2 is 2.31 bits per heavy atom. The van der Waals surface area contributed by atoms with Gasteiger partial charge in [0.15, 0.2) is 0 Å². The van der Waals surface area contributed by atoms with Gasteiger partial charge in [0.2, 0.25) is 5.91 Å². The van der Waals surface area contributed by atoms with Crippen LogP contribution in [-0.2, 0) is 14.3 Å². The van der Waals surface area contributed by atoms with Gasteiger partial charge in [0.25, 0.3) is 0 Å². The van der Waals surface area contributed by atoms with E-state index in [1.807, 2.05) is 4.90 Å². The molecule has 0 aromatic carbocycles. The second kappa shape index (κ2) is 4.68. The maximum Gasteiger partial charge on any atom is 0.318 e. The summed E-state index contributed by atoms with van der Waals surface area (Å²) in [4.78, 5) is 25.3. The van der Waals surface area contributed by atoms with E-state index < -0.39 is 11.9 Å². The molecular formula is C12H17NO3. The zero-order valence-corrected chi connectivity index (χ0v) is 9.52. The molecule has 0 radical (unpaired) electrons. The molecule has 0 N–H and O–H groups in total. The molecule has 1 unspecified atom stereocenters. The molecule has 0 saturated carbocycles. The first-order chi connectivity index (χ1) is 7.74. The van der Waals surface area contributed by atoms with E-state index in [0.29, 0.717) is 6.42 Å². The van der Waals surface area contributed by atoms with Crippen molar-refractivity contribution in [2.24, 2.45) is 5.92 Å². The van der Waals surface area contributed by atoms with Gasteiger partial charge in [-0.05, 0) is 25.7 Å². The van der Waals surface area contributed by atoms with E-state index in [1.165, 1.54) is 7.11 Å². The topological polar surface area (TPSA) is 46.6 Å². The van der Waals surface area contributed by atoms with Gasteiger partial charge in [-0.15, -0.1) is 0 Å². The molecule has 0 spiro atoms. The first kappa shape index (κ1) is 11.2. The molecule has 2 rings (SSSR count). The van der Waals surface area contributed by atoms with Gasteiger partial charge in [-0.25, -0.2) is 0 Å². The molecule has 2 atom stereocenters. The third-order valence-corrected chi connectivity index (χ3v) is 3.32. The minimum atomic E-state index is -0.585. The number of carbonyl (C=O) groups is 2. The highest BCUT2D eigenvalue weighted by atomic mass is 16.5. The third kappa shape index (κ3) is 1.96. The van der Waals surface area contributed by atoms with Crippen LogP contribution in [0, 0.1) is 5.92 Å².